The van der Waals surface area contributed by atoms with Gasteiger partial charge in [0.1, 0.15) is 5.82 Å². The molecule has 1 aromatic carbocycles. The lowest BCUT2D eigenvalue weighted by molar-refractivity contribution is 0.0521. The average Bonchev–Trinajstić information content (AvgIpc) is 2.39. The normalized spacial score (nSPS) is 10.2. The molecule has 2 aromatic rings. The van der Waals surface area contributed by atoms with Crippen molar-refractivity contribution in [1.82, 2.24) is 4.98 Å². The molecule has 5 heteroatoms. The number of hydrogen-bond donors (Lipinski definition) is 1. The molecule has 0 bridgehead atoms. The van der Waals surface area contributed by atoms with E-state index >= 15 is 0 Å². The third-order valence-electron chi connectivity index (χ3n) is 2.59. The molecule has 0 amide bonds. The van der Waals surface area contributed by atoms with Crippen molar-refractivity contribution in [3.63, 3.8) is 0 Å². The molecule has 0 aliphatic rings. The molecule has 1 aromatic heterocycles. The summed E-state index contributed by atoms with van der Waals surface area (Å²) in [5.41, 5.74) is 0.299. The number of halogens is 1. The summed E-state index contributed by atoms with van der Waals surface area (Å²) in [6.45, 7) is 1.83. The van der Waals surface area contributed by atoms with Crippen molar-refractivity contribution < 1.29 is 13.9 Å². The smallest absolute Gasteiger partial charge is 0.341 e. The molecular weight excluding hydrogens is 249 g/mol. The van der Waals surface area contributed by atoms with Crippen LogP contribution in [0, 0.1) is 5.82 Å². The number of pyridine rings is 1. The average molecular weight is 261 g/mol. The first-order valence-corrected chi connectivity index (χ1v) is 5.78. The number of H-pyrrole nitrogens is 1. The summed E-state index contributed by atoms with van der Waals surface area (Å²) in [6.07, 6.45) is 1.50. The maximum absolute atomic E-state index is 13.8. The predicted molar refractivity (Wildman–Crippen MR) is 68.4 cm³/mol. The number of carbonyl (C=O) groups is 1. The fourth-order valence-electron chi connectivity index (χ4n) is 1.71. The highest BCUT2D eigenvalue weighted by Crippen LogP contribution is 2.19. The van der Waals surface area contributed by atoms with Crippen molar-refractivity contribution >= 4 is 5.97 Å². The van der Waals surface area contributed by atoms with Crippen LogP contribution < -0.4 is 5.56 Å². The topological polar surface area (TPSA) is 59.2 Å². The molecule has 0 aliphatic carbocycles. The largest absolute Gasteiger partial charge is 0.462 e. The fourth-order valence-corrected chi connectivity index (χ4v) is 1.71. The highest BCUT2D eigenvalue weighted by Gasteiger charge is 2.14. The van der Waals surface area contributed by atoms with E-state index in [0.717, 1.165) is 6.07 Å². The van der Waals surface area contributed by atoms with Crippen LogP contribution in [0.25, 0.3) is 11.1 Å². The van der Waals surface area contributed by atoms with Crippen LogP contribution in [-0.2, 0) is 4.74 Å². The lowest BCUT2D eigenvalue weighted by atomic mass is 10.0. The van der Waals surface area contributed by atoms with Crippen LogP contribution >= 0.6 is 0 Å². The van der Waals surface area contributed by atoms with Gasteiger partial charge < -0.3 is 9.72 Å². The molecular formula is C14H12FNO3. The van der Waals surface area contributed by atoms with E-state index < -0.39 is 11.8 Å². The molecule has 2 rings (SSSR count). The maximum Gasteiger partial charge on any atom is 0.341 e. The SMILES string of the molecule is CCOC(=O)c1ccc(-c2ccc[nH]c2=O)cc1F. The quantitative estimate of drug-likeness (QED) is 0.863. The van der Waals surface area contributed by atoms with Crippen molar-refractivity contribution in [3.8, 4) is 11.1 Å². The van der Waals surface area contributed by atoms with Crippen molar-refractivity contribution in [1.29, 1.82) is 0 Å². The summed E-state index contributed by atoms with van der Waals surface area (Å²) in [7, 11) is 0. The van der Waals surface area contributed by atoms with Gasteiger partial charge in [0.05, 0.1) is 12.2 Å². The van der Waals surface area contributed by atoms with Gasteiger partial charge in [-0.3, -0.25) is 4.79 Å². The minimum atomic E-state index is -0.714. The lowest BCUT2D eigenvalue weighted by Gasteiger charge is -2.05. The Kier molecular flexibility index (Phi) is 3.75. The Morgan fingerprint density at radius 3 is 2.79 bits per heavy atom. The molecule has 0 saturated heterocycles. The second-order valence-corrected chi connectivity index (χ2v) is 3.83. The molecule has 0 spiro atoms. The molecule has 19 heavy (non-hydrogen) atoms. The molecule has 0 fully saturated rings. The Morgan fingerprint density at radius 2 is 2.16 bits per heavy atom. The Labute approximate surface area is 108 Å². The number of carbonyl (C=O) groups excluding carboxylic acids is 1. The number of benzene rings is 1. The summed E-state index contributed by atoms with van der Waals surface area (Å²) >= 11 is 0. The van der Waals surface area contributed by atoms with Crippen molar-refractivity contribution in [2.24, 2.45) is 0 Å². The first kappa shape index (κ1) is 13.0. The highest BCUT2D eigenvalue weighted by molar-refractivity contribution is 5.90. The zero-order valence-electron chi connectivity index (χ0n) is 10.3. The molecule has 0 atom stereocenters. The van der Waals surface area contributed by atoms with Crippen LogP contribution in [0.15, 0.2) is 41.3 Å². The van der Waals surface area contributed by atoms with E-state index in [9.17, 15) is 14.0 Å². The molecule has 0 saturated carbocycles. The van der Waals surface area contributed by atoms with E-state index in [-0.39, 0.29) is 17.7 Å². The van der Waals surface area contributed by atoms with Gasteiger partial charge in [0.15, 0.2) is 0 Å². The first-order valence-electron chi connectivity index (χ1n) is 5.78. The van der Waals surface area contributed by atoms with Gasteiger partial charge in [-0.05, 0) is 36.8 Å². The Bertz CT molecular complexity index is 664. The van der Waals surface area contributed by atoms with Gasteiger partial charge in [-0.15, -0.1) is 0 Å². The highest BCUT2D eigenvalue weighted by atomic mass is 19.1. The molecule has 4 nitrogen and oxygen atoms in total. The van der Waals surface area contributed by atoms with E-state index in [1.165, 1.54) is 18.3 Å². The number of ether oxygens (including phenoxy) is 1. The minimum Gasteiger partial charge on any atom is -0.462 e. The van der Waals surface area contributed by atoms with Crippen LogP contribution in [0.5, 0.6) is 0 Å². The minimum absolute atomic E-state index is 0.141. The van der Waals surface area contributed by atoms with Crippen molar-refractivity contribution in [2.45, 2.75) is 6.92 Å². The predicted octanol–water partition coefficient (Wildman–Crippen LogP) is 2.36. The van der Waals surface area contributed by atoms with Crippen LogP contribution in [0.4, 0.5) is 4.39 Å². The monoisotopic (exact) mass is 261 g/mol. The van der Waals surface area contributed by atoms with E-state index in [2.05, 4.69) is 4.98 Å². The number of nitrogens with one attached hydrogen (secondary N) is 1. The second-order valence-electron chi connectivity index (χ2n) is 3.83. The van der Waals surface area contributed by atoms with E-state index in [0.29, 0.717) is 11.1 Å². The van der Waals surface area contributed by atoms with Gasteiger partial charge in [0.25, 0.3) is 5.56 Å². The molecule has 0 radical (unpaired) electrons. The van der Waals surface area contributed by atoms with Crippen LogP contribution in [0.1, 0.15) is 17.3 Å². The molecule has 1 N–H and O–H groups in total. The number of rotatable bonds is 3. The Morgan fingerprint density at radius 1 is 1.37 bits per heavy atom. The third kappa shape index (κ3) is 2.70. The lowest BCUT2D eigenvalue weighted by Crippen LogP contribution is -2.09. The molecule has 98 valence electrons. The second kappa shape index (κ2) is 5.48. The van der Waals surface area contributed by atoms with Gasteiger partial charge >= 0.3 is 5.97 Å². The van der Waals surface area contributed by atoms with Gasteiger partial charge in [0, 0.05) is 11.8 Å². The summed E-state index contributed by atoms with van der Waals surface area (Å²) in [6, 6.07) is 7.21. The van der Waals surface area contributed by atoms with Gasteiger partial charge in [0.2, 0.25) is 0 Å². The Hall–Kier alpha value is -2.43. The molecule has 0 unspecified atom stereocenters. The number of esters is 1. The third-order valence-corrected chi connectivity index (χ3v) is 2.59. The zero-order valence-corrected chi connectivity index (χ0v) is 10.3. The zero-order chi connectivity index (χ0) is 13.8. The maximum atomic E-state index is 13.8. The summed E-state index contributed by atoms with van der Waals surface area (Å²) in [5, 5.41) is 0. The van der Waals surface area contributed by atoms with Gasteiger partial charge in [-0.25, -0.2) is 9.18 Å². The van der Waals surface area contributed by atoms with Crippen molar-refractivity contribution in [3.05, 3.63) is 58.3 Å². The summed E-state index contributed by atoms with van der Waals surface area (Å²) < 4.78 is 18.6. The van der Waals surface area contributed by atoms with Crippen LogP contribution in [0.3, 0.4) is 0 Å². The fraction of sp³-hybridized carbons (Fsp3) is 0.143. The molecule has 1 heterocycles. The Balaban J connectivity index is 2.42. The van der Waals surface area contributed by atoms with E-state index in [1.807, 2.05) is 0 Å². The summed E-state index contributed by atoms with van der Waals surface area (Å²) in [4.78, 5) is 25.5. The summed E-state index contributed by atoms with van der Waals surface area (Å²) in [5.74, 6) is -1.42. The standard InChI is InChI=1S/C14H12FNO3/c1-2-19-14(18)11-6-5-9(8-12(11)15)10-4-3-7-16-13(10)17/h3-8H,2H2,1H3,(H,16,17). The van der Waals surface area contributed by atoms with E-state index in [4.69, 9.17) is 4.74 Å². The number of aromatic amines is 1. The van der Waals surface area contributed by atoms with E-state index in [1.54, 1.807) is 19.1 Å². The molecule has 0 aliphatic heterocycles. The van der Waals surface area contributed by atoms with Crippen LogP contribution in [-0.4, -0.2) is 17.6 Å². The first-order chi connectivity index (χ1) is 9.13. The number of hydrogen-bond acceptors (Lipinski definition) is 3. The van der Waals surface area contributed by atoms with Crippen LogP contribution in [0.2, 0.25) is 0 Å². The van der Waals surface area contributed by atoms with Gasteiger partial charge in [-0.2, -0.15) is 0 Å². The van der Waals surface area contributed by atoms with Gasteiger partial charge in [-0.1, -0.05) is 6.07 Å². The number of aromatic nitrogens is 1. The van der Waals surface area contributed by atoms with Crippen molar-refractivity contribution in [2.75, 3.05) is 6.61 Å².